The van der Waals surface area contributed by atoms with Crippen molar-refractivity contribution in [2.45, 2.75) is 70.4 Å². The van der Waals surface area contributed by atoms with Gasteiger partial charge in [-0.2, -0.15) is 0 Å². The number of nitrogens with zero attached hydrogens (tertiary/aromatic N) is 3. The molecule has 0 unspecified atom stereocenters. The van der Waals surface area contributed by atoms with E-state index in [9.17, 15) is 38.7 Å². The van der Waals surface area contributed by atoms with Crippen LogP contribution >= 0.6 is 0 Å². The van der Waals surface area contributed by atoms with Gasteiger partial charge in [0.2, 0.25) is 23.6 Å². The molecular formula is C42H45FN8O10. The molecular weight excluding hydrogens is 796 g/mol. The van der Waals surface area contributed by atoms with Crippen LogP contribution in [0.15, 0.2) is 47.3 Å². The number of hydrogen-bond donors (Lipinski definition) is 6. The summed E-state index contributed by atoms with van der Waals surface area (Å²) >= 11 is 0. The van der Waals surface area contributed by atoms with Gasteiger partial charge in [0.15, 0.2) is 5.60 Å². The third kappa shape index (κ3) is 8.13. The Bertz CT molecular complexity index is 2550. The van der Waals surface area contributed by atoms with E-state index in [0.717, 1.165) is 4.90 Å². The average molecular weight is 841 g/mol. The van der Waals surface area contributed by atoms with Gasteiger partial charge < -0.3 is 51.5 Å². The minimum absolute atomic E-state index is 0.0219. The molecule has 19 heteroatoms. The highest BCUT2D eigenvalue weighted by Gasteiger charge is 2.46. The van der Waals surface area contributed by atoms with Gasteiger partial charge in [0.05, 0.1) is 61.2 Å². The molecule has 3 aliphatic rings. The molecule has 0 radical (unpaired) electrons. The number of carbonyl (C=O) groups is 6. The highest BCUT2D eigenvalue weighted by molar-refractivity contribution is 5.94. The van der Waals surface area contributed by atoms with E-state index in [1.165, 1.54) is 10.6 Å². The van der Waals surface area contributed by atoms with E-state index in [0.29, 0.717) is 57.4 Å². The van der Waals surface area contributed by atoms with Crippen molar-refractivity contribution < 1.29 is 47.7 Å². The SMILES string of the molecule is CC[C@@]1(O)C(=O)OCc2c1cc1n(c2=O)Cc2c-1nc1cc(F)c(C)c3c1c2[C@@H](NC(=O)OCCN(CC(N)=O)C(=O)[C@H](Cc1ccccc1)NC(=O)CNC(=O)CN)CC3. The lowest BCUT2D eigenvalue weighted by atomic mass is 9.81. The molecule has 0 saturated heterocycles. The van der Waals surface area contributed by atoms with Crippen molar-refractivity contribution in [2.24, 2.45) is 11.5 Å². The summed E-state index contributed by atoms with van der Waals surface area (Å²) in [7, 11) is 0. The number of fused-ring (bicyclic) bond motifs is 5. The summed E-state index contributed by atoms with van der Waals surface area (Å²) < 4.78 is 27.6. The Balaban J connectivity index is 1.13. The van der Waals surface area contributed by atoms with Crippen molar-refractivity contribution in [3.8, 4) is 11.4 Å². The van der Waals surface area contributed by atoms with Gasteiger partial charge in [-0.3, -0.25) is 24.0 Å². The minimum Gasteiger partial charge on any atom is -0.458 e. The fourth-order valence-electron chi connectivity index (χ4n) is 8.35. The Morgan fingerprint density at radius 1 is 1.11 bits per heavy atom. The molecule has 61 heavy (non-hydrogen) atoms. The van der Waals surface area contributed by atoms with Gasteiger partial charge in [-0.15, -0.1) is 0 Å². The maximum Gasteiger partial charge on any atom is 0.407 e. The van der Waals surface area contributed by atoms with E-state index in [-0.39, 0.29) is 55.7 Å². The summed E-state index contributed by atoms with van der Waals surface area (Å²) in [5.41, 5.74) is 12.4. The number of aryl methyl sites for hydroxylation is 1. The zero-order valence-corrected chi connectivity index (χ0v) is 33.5. The van der Waals surface area contributed by atoms with Crippen molar-refractivity contribution in [3.63, 3.8) is 0 Å². The number of halogens is 1. The van der Waals surface area contributed by atoms with Crippen molar-refractivity contribution >= 4 is 46.6 Å². The van der Waals surface area contributed by atoms with Crippen molar-refractivity contribution in [3.05, 3.63) is 97.6 Å². The Morgan fingerprint density at radius 2 is 1.87 bits per heavy atom. The molecule has 5 amide bonds. The Kier molecular flexibility index (Phi) is 11.9. The van der Waals surface area contributed by atoms with Gasteiger partial charge in [0, 0.05) is 29.0 Å². The summed E-state index contributed by atoms with van der Waals surface area (Å²) in [6, 6.07) is 9.71. The number of primary amides is 1. The van der Waals surface area contributed by atoms with Crippen LogP contribution in [-0.4, -0.2) is 94.1 Å². The van der Waals surface area contributed by atoms with Crippen LogP contribution in [0.5, 0.6) is 0 Å². The number of carbonyl (C=O) groups excluding carboxylic acids is 6. The third-order valence-corrected chi connectivity index (χ3v) is 11.5. The van der Waals surface area contributed by atoms with E-state index < -0.39 is 84.4 Å². The number of alkyl carbamates (subject to hydrolysis) is 1. The number of hydrogen-bond acceptors (Lipinski definition) is 12. The molecule has 2 aromatic carbocycles. The highest BCUT2D eigenvalue weighted by atomic mass is 19.1. The van der Waals surface area contributed by atoms with E-state index in [1.54, 1.807) is 50.2 Å². The van der Waals surface area contributed by atoms with E-state index in [1.807, 2.05) is 0 Å². The zero-order valence-electron chi connectivity index (χ0n) is 33.5. The van der Waals surface area contributed by atoms with E-state index in [4.69, 9.17) is 25.9 Å². The molecule has 1 aliphatic carbocycles. The molecule has 0 fully saturated rings. The number of benzene rings is 2. The molecule has 7 rings (SSSR count). The van der Waals surface area contributed by atoms with Crippen LogP contribution in [0.25, 0.3) is 22.3 Å². The fourth-order valence-corrected chi connectivity index (χ4v) is 8.35. The maximum absolute atomic E-state index is 15.4. The monoisotopic (exact) mass is 840 g/mol. The molecule has 0 bridgehead atoms. The molecule has 18 nitrogen and oxygen atoms in total. The number of cyclic esters (lactones) is 1. The second-order valence-corrected chi connectivity index (χ2v) is 15.2. The summed E-state index contributed by atoms with van der Waals surface area (Å²) in [4.78, 5) is 96.6. The van der Waals surface area contributed by atoms with Gasteiger partial charge in [-0.1, -0.05) is 37.3 Å². The second kappa shape index (κ2) is 17.1. The van der Waals surface area contributed by atoms with Crippen LogP contribution in [0.3, 0.4) is 0 Å². The predicted molar refractivity (Wildman–Crippen MR) is 215 cm³/mol. The number of esters is 1. The lowest BCUT2D eigenvalue weighted by molar-refractivity contribution is -0.172. The predicted octanol–water partition coefficient (Wildman–Crippen LogP) is 0.357. The molecule has 0 saturated carbocycles. The largest absolute Gasteiger partial charge is 0.458 e. The van der Waals surface area contributed by atoms with Crippen LogP contribution in [0.1, 0.15) is 64.8 Å². The first-order valence-corrected chi connectivity index (χ1v) is 19.8. The Hall–Kier alpha value is -6.73. The van der Waals surface area contributed by atoms with E-state index in [2.05, 4.69) is 16.0 Å². The second-order valence-electron chi connectivity index (χ2n) is 15.2. The number of pyridine rings is 2. The van der Waals surface area contributed by atoms with Gasteiger partial charge in [0.1, 0.15) is 25.1 Å². The first-order valence-electron chi connectivity index (χ1n) is 19.8. The van der Waals surface area contributed by atoms with Crippen LogP contribution in [0, 0.1) is 12.7 Å². The molecule has 4 heterocycles. The summed E-state index contributed by atoms with van der Waals surface area (Å²) in [5, 5.41) is 19.8. The van der Waals surface area contributed by atoms with E-state index >= 15 is 4.39 Å². The van der Waals surface area contributed by atoms with Crippen molar-refractivity contribution in [2.75, 3.05) is 32.8 Å². The van der Waals surface area contributed by atoms with Gasteiger partial charge >= 0.3 is 12.1 Å². The number of aromatic nitrogens is 2. The van der Waals surface area contributed by atoms with Gasteiger partial charge in [-0.25, -0.2) is 19.0 Å². The molecule has 2 aliphatic heterocycles. The third-order valence-electron chi connectivity index (χ3n) is 11.5. The van der Waals surface area contributed by atoms with Crippen LogP contribution in [0.4, 0.5) is 9.18 Å². The van der Waals surface area contributed by atoms with Crippen LogP contribution in [0.2, 0.25) is 0 Å². The lowest BCUT2D eigenvalue weighted by Crippen LogP contribution is -2.54. The first kappa shape index (κ1) is 42.4. The maximum atomic E-state index is 15.4. The van der Waals surface area contributed by atoms with Gasteiger partial charge in [-0.05, 0) is 54.5 Å². The number of ether oxygens (including phenoxy) is 2. The zero-order chi connectivity index (χ0) is 43.7. The molecule has 8 N–H and O–H groups in total. The highest BCUT2D eigenvalue weighted by Crippen LogP contribution is 2.46. The summed E-state index contributed by atoms with van der Waals surface area (Å²) in [6.45, 7) is 0.916. The lowest BCUT2D eigenvalue weighted by Gasteiger charge is -2.31. The number of nitrogens with two attached hydrogens (primary N) is 2. The standard InChI is InChI=1S/C42H45FN8O10/c1-3-42(59)26-14-31-37-24(18-51(31)38(55)25(26)20-61-40(42)57)36-28(10-9-23-21(2)27(43)15-29(48-37)35(23)36)49-41(58)60-12-11-50(19-32(45)52)39(56)30(13-22-7-5-4-6-8-22)47-34(54)17-46-33(53)16-44/h4-8,14-15,28,30,59H,3,9-13,16-20,44H2,1-2H3,(H2,45,52)(H,46,53)(H,47,54)(H,49,58)/t28-,30-,42-/m0/s1. The normalized spacial score (nSPS) is 17.6. The van der Waals surface area contributed by atoms with Crippen LogP contribution in [-0.2, 0) is 65.0 Å². The molecule has 3 atom stereocenters. The molecule has 0 spiro atoms. The van der Waals surface area contributed by atoms with Gasteiger partial charge in [0.25, 0.3) is 5.56 Å². The quantitative estimate of drug-likeness (QED) is 0.0828. The molecule has 320 valence electrons. The Morgan fingerprint density at radius 3 is 2.57 bits per heavy atom. The topological polar surface area (TPSA) is 267 Å². The van der Waals surface area contributed by atoms with Crippen molar-refractivity contribution in [1.29, 1.82) is 0 Å². The van der Waals surface area contributed by atoms with Crippen LogP contribution < -0.4 is 33.0 Å². The summed E-state index contributed by atoms with van der Waals surface area (Å²) in [6.07, 6.45) is -0.226. The first-order chi connectivity index (χ1) is 29.1. The smallest absolute Gasteiger partial charge is 0.407 e. The van der Waals surface area contributed by atoms with Crippen molar-refractivity contribution in [1.82, 2.24) is 30.4 Å². The average Bonchev–Trinajstić information content (AvgIpc) is 3.61. The number of nitrogens with one attached hydrogen (secondary N) is 3. The number of amides is 5. The summed E-state index contributed by atoms with van der Waals surface area (Å²) in [5.74, 6) is -4.17. The Labute approximate surface area is 347 Å². The fraction of sp³-hybridized carbons (Fsp3) is 0.381. The minimum atomic E-state index is -2.06. The molecule has 4 aromatic rings. The number of aliphatic hydroxyl groups is 1. The number of rotatable bonds is 14. The molecule has 2 aromatic heterocycles.